The maximum atomic E-state index is 13.9. The Morgan fingerprint density at radius 3 is 2.63 bits per heavy atom. The molecule has 0 bridgehead atoms. The third kappa shape index (κ3) is 4.31. The van der Waals surface area contributed by atoms with Gasteiger partial charge in [-0.05, 0) is 48.4 Å². The number of hydrogen-bond donors (Lipinski definition) is 0. The third-order valence-corrected chi connectivity index (χ3v) is 7.49. The molecule has 1 aromatic heterocycles. The van der Waals surface area contributed by atoms with E-state index >= 15 is 0 Å². The summed E-state index contributed by atoms with van der Waals surface area (Å²) < 4.78 is 18.4. The standard InChI is InChI=1S/C29H21ClN2O5S/c1-2-35-28(34)24-25(18-6-4-3-5-7-18)31-29-32(26(24)19-9-11-20(30)12-10-19)27(33)23(38-29)15-17-8-13-21-22(14-17)37-16-36-21/h3-15,26H,2,16H2,1H3/b23-15-. The van der Waals surface area contributed by atoms with E-state index in [0.29, 0.717) is 37.1 Å². The van der Waals surface area contributed by atoms with Crippen LogP contribution in [0.4, 0.5) is 0 Å². The van der Waals surface area contributed by atoms with Crippen molar-refractivity contribution in [2.24, 2.45) is 4.99 Å². The number of halogens is 1. The summed E-state index contributed by atoms with van der Waals surface area (Å²) in [5.74, 6) is 0.763. The Balaban J connectivity index is 1.61. The van der Waals surface area contributed by atoms with Crippen LogP contribution in [0, 0.1) is 0 Å². The van der Waals surface area contributed by atoms with Crippen LogP contribution in [0.5, 0.6) is 11.5 Å². The zero-order chi connectivity index (χ0) is 26.2. The SMILES string of the molecule is CCOC(=O)C1=C(c2ccccc2)N=c2s/c(=C\c3ccc4c(c3)OCO4)c(=O)n2C1c1ccc(Cl)cc1. The number of rotatable bonds is 5. The van der Waals surface area contributed by atoms with E-state index in [4.69, 9.17) is 30.8 Å². The fourth-order valence-electron chi connectivity index (χ4n) is 4.56. The maximum absolute atomic E-state index is 13.9. The van der Waals surface area contributed by atoms with Crippen molar-refractivity contribution in [1.29, 1.82) is 0 Å². The molecular weight excluding hydrogens is 524 g/mol. The van der Waals surface area contributed by atoms with Crippen molar-refractivity contribution in [1.82, 2.24) is 4.57 Å². The summed E-state index contributed by atoms with van der Waals surface area (Å²) in [6.45, 7) is 2.10. The van der Waals surface area contributed by atoms with Crippen molar-refractivity contribution in [2.45, 2.75) is 13.0 Å². The van der Waals surface area contributed by atoms with Gasteiger partial charge in [-0.25, -0.2) is 9.79 Å². The predicted octanol–water partition coefficient (Wildman–Crippen LogP) is 4.32. The Morgan fingerprint density at radius 2 is 1.87 bits per heavy atom. The van der Waals surface area contributed by atoms with Gasteiger partial charge in [0, 0.05) is 10.6 Å². The summed E-state index contributed by atoms with van der Waals surface area (Å²) in [7, 11) is 0. The lowest BCUT2D eigenvalue weighted by Crippen LogP contribution is -2.40. The van der Waals surface area contributed by atoms with Crippen LogP contribution in [0.25, 0.3) is 11.8 Å². The van der Waals surface area contributed by atoms with E-state index in [1.165, 1.54) is 11.3 Å². The summed E-state index contributed by atoms with van der Waals surface area (Å²) in [6.07, 6.45) is 1.79. The second kappa shape index (κ2) is 9.96. The van der Waals surface area contributed by atoms with Crippen LogP contribution >= 0.6 is 22.9 Å². The monoisotopic (exact) mass is 544 g/mol. The smallest absolute Gasteiger partial charge is 0.338 e. The van der Waals surface area contributed by atoms with E-state index in [1.807, 2.05) is 60.7 Å². The molecule has 2 aliphatic heterocycles. The first-order valence-electron chi connectivity index (χ1n) is 12.0. The maximum Gasteiger partial charge on any atom is 0.338 e. The Hall–Kier alpha value is -4.14. The first kappa shape index (κ1) is 24.2. The molecule has 0 amide bonds. The van der Waals surface area contributed by atoms with Gasteiger partial charge in [-0.1, -0.05) is 71.5 Å². The molecule has 0 saturated carbocycles. The molecule has 1 atom stereocenters. The molecule has 2 aliphatic rings. The summed E-state index contributed by atoms with van der Waals surface area (Å²) >= 11 is 7.44. The topological polar surface area (TPSA) is 79.1 Å². The lowest BCUT2D eigenvalue weighted by atomic mass is 9.93. The van der Waals surface area contributed by atoms with Crippen molar-refractivity contribution in [3.05, 3.63) is 120 Å². The number of benzene rings is 3. The molecule has 0 aliphatic carbocycles. The first-order valence-corrected chi connectivity index (χ1v) is 13.2. The number of hydrogen-bond acceptors (Lipinski definition) is 7. The van der Waals surface area contributed by atoms with E-state index in [1.54, 1.807) is 29.7 Å². The number of carbonyl (C=O) groups excluding carboxylic acids is 1. The minimum absolute atomic E-state index is 0.168. The first-order chi connectivity index (χ1) is 18.5. The summed E-state index contributed by atoms with van der Waals surface area (Å²) in [5, 5.41) is 0.550. The van der Waals surface area contributed by atoms with Gasteiger partial charge in [0.2, 0.25) is 6.79 Å². The van der Waals surface area contributed by atoms with Gasteiger partial charge in [0.15, 0.2) is 16.3 Å². The second-order valence-corrected chi connectivity index (χ2v) is 10.0. The van der Waals surface area contributed by atoms with Crippen molar-refractivity contribution in [3.63, 3.8) is 0 Å². The number of thiazole rings is 1. The van der Waals surface area contributed by atoms with Crippen LogP contribution in [-0.4, -0.2) is 23.9 Å². The summed E-state index contributed by atoms with van der Waals surface area (Å²) in [4.78, 5) is 32.7. The Bertz CT molecular complexity index is 1760. The zero-order valence-corrected chi connectivity index (χ0v) is 21.8. The fourth-order valence-corrected chi connectivity index (χ4v) is 5.68. The molecule has 9 heteroatoms. The average Bonchev–Trinajstić information content (AvgIpc) is 3.52. The number of aromatic nitrogens is 1. The normalized spacial score (nSPS) is 16.3. The van der Waals surface area contributed by atoms with Crippen molar-refractivity contribution >= 4 is 40.7 Å². The van der Waals surface area contributed by atoms with E-state index in [2.05, 4.69) is 0 Å². The molecule has 0 fully saturated rings. The van der Waals surface area contributed by atoms with E-state index in [-0.39, 0.29) is 19.0 Å². The van der Waals surface area contributed by atoms with Crippen molar-refractivity contribution < 1.29 is 19.0 Å². The van der Waals surface area contributed by atoms with Gasteiger partial charge in [0.05, 0.1) is 28.5 Å². The van der Waals surface area contributed by atoms with Gasteiger partial charge in [0.25, 0.3) is 5.56 Å². The van der Waals surface area contributed by atoms with Crippen LogP contribution < -0.4 is 24.4 Å². The molecule has 6 rings (SSSR count). The lowest BCUT2D eigenvalue weighted by Gasteiger charge is -2.25. The lowest BCUT2D eigenvalue weighted by molar-refractivity contribution is -0.138. The van der Waals surface area contributed by atoms with Crippen molar-refractivity contribution in [3.8, 4) is 11.5 Å². The Labute approximate surface area is 226 Å². The highest BCUT2D eigenvalue weighted by Gasteiger charge is 2.35. The molecule has 38 heavy (non-hydrogen) atoms. The van der Waals surface area contributed by atoms with E-state index in [9.17, 15) is 9.59 Å². The van der Waals surface area contributed by atoms with Gasteiger partial charge in [-0.15, -0.1) is 0 Å². The van der Waals surface area contributed by atoms with Crippen LogP contribution in [0.15, 0.2) is 88.2 Å². The van der Waals surface area contributed by atoms with Crippen molar-refractivity contribution in [2.75, 3.05) is 13.4 Å². The molecule has 3 aromatic carbocycles. The second-order valence-electron chi connectivity index (χ2n) is 8.60. The zero-order valence-electron chi connectivity index (χ0n) is 20.2. The number of ether oxygens (including phenoxy) is 3. The molecule has 7 nitrogen and oxygen atoms in total. The minimum Gasteiger partial charge on any atom is -0.463 e. The average molecular weight is 545 g/mol. The Kier molecular flexibility index (Phi) is 6.35. The van der Waals surface area contributed by atoms with Crippen LogP contribution in [0.2, 0.25) is 5.02 Å². The molecule has 190 valence electrons. The number of nitrogens with zero attached hydrogens (tertiary/aromatic N) is 2. The number of esters is 1. The van der Waals surface area contributed by atoms with Crippen LogP contribution in [-0.2, 0) is 9.53 Å². The van der Waals surface area contributed by atoms with Crippen LogP contribution in [0.1, 0.15) is 29.7 Å². The molecule has 4 aromatic rings. The molecule has 0 N–H and O–H groups in total. The van der Waals surface area contributed by atoms with E-state index < -0.39 is 12.0 Å². The highest BCUT2D eigenvalue weighted by Crippen LogP contribution is 2.36. The quantitative estimate of drug-likeness (QED) is 0.350. The molecule has 0 saturated heterocycles. The van der Waals surface area contributed by atoms with Gasteiger partial charge in [-0.2, -0.15) is 0 Å². The molecule has 0 radical (unpaired) electrons. The summed E-state index contributed by atoms with van der Waals surface area (Å²) in [6, 6.07) is 21.3. The van der Waals surface area contributed by atoms with Gasteiger partial charge in [0.1, 0.15) is 0 Å². The predicted molar refractivity (Wildman–Crippen MR) is 145 cm³/mol. The fraction of sp³-hybridized carbons (Fsp3) is 0.138. The molecule has 0 spiro atoms. The Morgan fingerprint density at radius 1 is 1.11 bits per heavy atom. The van der Waals surface area contributed by atoms with Gasteiger partial charge in [-0.3, -0.25) is 9.36 Å². The minimum atomic E-state index is -0.753. The molecule has 3 heterocycles. The largest absolute Gasteiger partial charge is 0.463 e. The van der Waals surface area contributed by atoms with Gasteiger partial charge < -0.3 is 14.2 Å². The number of carbonyl (C=O) groups is 1. The summed E-state index contributed by atoms with van der Waals surface area (Å²) in [5.41, 5.74) is 2.76. The van der Waals surface area contributed by atoms with Crippen LogP contribution in [0.3, 0.4) is 0 Å². The molecule has 1 unspecified atom stereocenters. The number of fused-ring (bicyclic) bond motifs is 2. The highest BCUT2D eigenvalue weighted by atomic mass is 35.5. The third-order valence-electron chi connectivity index (χ3n) is 6.25. The van der Waals surface area contributed by atoms with Gasteiger partial charge >= 0.3 is 5.97 Å². The molecular formula is C29H21ClN2O5S. The van der Waals surface area contributed by atoms with E-state index in [0.717, 1.165) is 16.7 Å². The highest BCUT2D eigenvalue weighted by molar-refractivity contribution is 7.07.